The maximum absolute atomic E-state index is 9.71. The summed E-state index contributed by atoms with van der Waals surface area (Å²) in [4.78, 5) is 13.6. The van der Waals surface area contributed by atoms with E-state index in [9.17, 15) is 5.11 Å². The van der Waals surface area contributed by atoms with Crippen LogP contribution in [0.5, 0.6) is 0 Å². The molecular weight excluding hydrogens is 400 g/mol. The zero-order valence-electron chi connectivity index (χ0n) is 16.7. The topological polar surface area (TPSA) is 80.2 Å². The third-order valence-corrected chi connectivity index (χ3v) is 6.26. The van der Waals surface area contributed by atoms with E-state index >= 15 is 0 Å². The van der Waals surface area contributed by atoms with Crippen LogP contribution in [0.2, 0.25) is 5.02 Å². The first kappa shape index (κ1) is 22.9. The zero-order valence-corrected chi connectivity index (χ0v) is 17.4. The summed E-state index contributed by atoms with van der Waals surface area (Å²) in [5, 5.41) is 13.7. The van der Waals surface area contributed by atoms with E-state index in [-0.39, 0.29) is 13.5 Å². The van der Waals surface area contributed by atoms with Crippen molar-refractivity contribution in [1.82, 2.24) is 15.0 Å². The second kappa shape index (κ2) is 11.0. The highest BCUT2D eigenvalue weighted by Crippen LogP contribution is 2.30. The molecule has 164 valence electrons. The molecule has 0 spiro atoms. The number of aliphatic hydroxyl groups excluding tert-OH is 1. The zero-order chi connectivity index (χ0) is 20.1. The first-order valence-corrected chi connectivity index (χ1v) is 11.0. The number of nitrogens with zero attached hydrogens (tertiary/aromatic N) is 3. The van der Waals surface area contributed by atoms with Crippen LogP contribution in [0.1, 0.15) is 51.6 Å². The van der Waals surface area contributed by atoms with Crippen molar-refractivity contribution in [2.24, 2.45) is 11.8 Å². The summed E-state index contributed by atoms with van der Waals surface area (Å²) in [6, 6.07) is 2.04. The van der Waals surface area contributed by atoms with Gasteiger partial charge in [0.2, 0.25) is 0 Å². The van der Waals surface area contributed by atoms with Crippen LogP contribution in [-0.4, -0.2) is 45.9 Å². The number of hydrogen-bond acceptors (Lipinski definition) is 6. The second-order valence-corrected chi connectivity index (χ2v) is 8.69. The van der Waals surface area contributed by atoms with Crippen LogP contribution in [0.3, 0.4) is 0 Å². The van der Waals surface area contributed by atoms with Crippen LogP contribution in [0.25, 0.3) is 11.3 Å². The maximum atomic E-state index is 9.71. The number of rotatable bonds is 6. The Morgan fingerprint density at radius 3 is 2.70 bits per heavy atom. The van der Waals surface area contributed by atoms with E-state index in [4.69, 9.17) is 21.3 Å². The van der Waals surface area contributed by atoms with Crippen molar-refractivity contribution >= 4 is 17.4 Å². The van der Waals surface area contributed by atoms with Crippen LogP contribution in [0, 0.1) is 11.8 Å². The molecule has 1 aliphatic carbocycles. The van der Waals surface area contributed by atoms with Crippen LogP contribution in [0.15, 0.2) is 24.7 Å². The van der Waals surface area contributed by atoms with Gasteiger partial charge >= 0.3 is 0 Å². The summed E-state index contributed by atoms with van der Waals surface area (Å²) in [5.74, 6) is 1.83. The summed E-state index contributed by atoms with van der Waals surface area (Å²) >= 11 is 6.44. The molecule has 3 heterocycles. The first-order valence-electron chi connectivity index (χ1n) is 10.6. The van der Waals surface area contributed by atoms with Gasteiger partial charge in [-0.15, -0.1) is 0 Å². The number of nitrogens with one attached hydrogen (secondary N) is 1. The van der Waals surface area contributed by atoms with Gasteiger partial charge in [0.1, 0.15) is 5.82 Å². The fourth-order valence-corrected chi connectivity index (χ4v) is 4.43. The lowest BCUT2D eigenvalue weighted by Gasteiger charge is -2.25. The smallest absolute Gasteiger partial charge is 0.145 e. The number of hydrogen-bond donors (Lipinski definition) is 2. The third-order valence-electron chi connectivity index (χ3n) is 5.96. The van der Waals surface area contributed by atoms with Crippen LogP contribution >= 0.6 is 11.6 Å². The fraction of sp³-hybridized carbons (Fsp3) is 0.609. The first-order chi connectivity index (χ1) is 14.2. The number of anilines is 1. The molecule has 2 aromatic heterocycles. The highest BCUT2D eigenvalue weighted by atomic mass is 35.5. The van der Waals surface area contributed by atoms with E-state index in [1.54, 1.807) is 18.6 Å². The van der Waals surface area contributed by atoms with Gasteiger partial charge < -0.3 is 15.2 Å². The van der Waals surface area contributed by atoms with Gasteiger partial charge in [0.15, 0.2) is 0 Å². The van der Waals surface area contributed by atoms with E-state index < -0.39 is 0 Å². The molecule has 0 unspecified atom stereocenters. The van der Waals surface area contributed by atoms with E-state index in [2.05, 4.69) is 15.3 Å². The average molecular weight is 433 g/mol. The summed E-state index contributed by atoms with van der Waals surface area (Å²) in [6.45, 7) is 2.51. The van der Waals surface area contributed by atoms with Gasteiger partial charge in [-0.05, 0) is 62.8 Å². The van der Waals surface area contributed by atoms with Crippen LogP contribution < -0.4 is 5.32 Å². The number of aromatic nitrogens is 3. The Morgan fingerprint density at radius 2 is 1.93 bits per heavy atom. The van der Waals surface area contributed by atoms with Gasteiger partial charge in [-0.1, -0.05) is 19.0 Å². The Bertz CT molecular complexity index is 806. The van der Waals surface area contributed by atoms with Gasteiger partial charge in [0.05, 0.1) is 35.8 Å². The van der Waals surface area contributed by atoms with Crippen molar-refractivity contribution < 1.29 is 9.84 Å². The molecule has 2 fully saturated rings. The molecule has 0 aromatic carbocycles. The summed E-state index contributed by atoms with van der Waals surface area (Å²) in [5.41, 5.74) is 2.64. The van der Waals surface area contributed by atoms with E-state index in [1.165, 1.54) is 6.42 Å². The molecule has 4 rings (SSSR count). The number of halogens is 1. The van der Waals surface area contributed by atoms with E-state index in [0.717, 1.165) is 81.1 Å². The van der Waals surface area contributed by atoms with Gasteiger partial charge in [0.25, 0.3) is 0 Å². The predicted octanol–water partition coefficient (Wildman–Crippen LogP) is 4.76. The summed E-state index contributed by atoms with van der Waals surface area (Å²) in [7, 11) is 0. The highest BCUT2D eigenvalue weighted by molar-refractivity contribution is 6.33. The molecule has 2 N–H and O–H groups in total. The number of pyridine rings is 1. The molecule has 0 bridgehead atoms. The molecule has 1 saturated carbocycles. The SMILES string of the molecule is C.OC1CCC(Cc2cc(-c3cncc(NC[C@@H]4CCCOC4)n3)c(Cl)cn2)CC1. The molecule has 7 heteroatoms. The minimum Gasteiger partial charge on any atom is -0.393 e. The molecule has 1 aliphatic heterocycles. The van der Waals surface area contributed by atoms with Crippen molar-refractivity contribution in [3.8, 4) is 11.3 Å². The average Bonchev–Trinajstić information content (AvgIpc) is 2.76. The standard InChI is InChI=1S/C22H29ClN4O2.CH4/c23-20-11-25-17(8-15-3-5-18(28)6-4-15)9-19(20)21-12-24-13-22(27-21)26-10-16-2-1-7-29-14-16;/h9,11-13,15-16,18,28H,1-8,10,14H2,(H,26,27);1H4/t15?,16-,18?;/m0./s1. The van der Waals surface area contributed by atoms with Gasteiger partial charge in [0, 0.05) is 30.6 Å². The monoisotopic (exact) mass is 432 g/mol. The number of aliphatic hydroxyl groups is 1. The lowest BCUT2D eigenvalue weighted by atomic mass is 9.84. The lowest BCUT2D eigenvalue weighted by molar-refractivity contribution is 0.0595. The van der Waals surface area contributed by atoms with Crippen molar-refractivity contribution in [2.45, 2.75) is 58.5 Å². The number of ether oxygens (including phenoxy) is 1. The molecule has 30 heavy (non-hydrogen) atoms. The largest absolute Gasteiger partial charge is 0.393 e. The molecule has 2 aromatic rings. The van der Waals surface area contributed by atoms with Gasteiger partial charge in [-0.3, -0.25) is 9.97 Å². The maximum Gasteiger partial charge on any atom is 0.145 e. The lowest BCUT2D eigenvalue weighted by Crippen LogP contribution is -2.24. The van der Waals surface area contributed by atoms with Crippen molar-refractivity contribution in [3.63, 3.8) is 0 Å². The Labute approximate surface area is 184 Å². The third kappa shape index (κ3) is 6.13. The minimum atomic E-state index is -0.134. The van der Waals surface area contributed by atoms with Crippen molar-refractivity contribution in [3.05, 3.63) is 35.4 Å². The van der Waals surface area contributed by atoms with Gasteiger partial charge in [-0.2, -0.15) is 0 Å². The molecule has 6 nitrogen and oxygen atoms in total. The van der Waals surface area contributed by atoms with Gasteiger partial charge in [-0.25, -0.2) is 4.98 Å². The molecule has 2 aliphatic rings. The van der Waals surface area contributed by atoms with Crippen molar-refractivity contribution in [1.29, 1.82) is 0 Å². The molecule has 0 amide bonds. The summed E-state index contributed by atoms with van der Waals surface area (Å²) in [6.07, 6.45) is 12.1. The van der Waals surface area contributed by atoms with Crippen molar-refractivity contribution in [2.75, 3.05) is 25.1 Å². The van der Waals surface area contributed by atoms with E-state index in [1.807, 2.05) is 6.07 Å². The summed E-state index contributed by atoms with van der Waals surface area (Å²) < 4.78 is 5.55. The molecule has 0 radical (unpaired) electrons. The minimum absolute atomic E-state index is 0. The normalized spacial score (nSPS) is 24.1. The van der Waals surface area contributed by atoms with Crippen LogP contribution in [0.4, 0.5) is 5.82 Å². The Hall–Kier alpha value is -1.76. The fourth-order valence-electron chi connectivity index (χ4n) is 4.23. The van der Waals surface area contributed by atoms with E-state index in [0.29, 0.717) is 16.9 Å². The molecule has 1 saturated heterocycles. The predicted molar refractivity (Wildman–Crippen MR) is 121 cm³/mol. The quantitative estimate of drug-likeness (QED) is 0.684. The molecular formula is C23H33ClN4O2. The Kier molecular flexibility index (Phi) is 8.42. The Balaban J connectivity index is 0.00000256. The second-order valence-electron chi connectivity index (χ2n) is 8.29. The Morgan fingerprint density at radius 1 is 1.10 bits per heavy atom. The van der Waals surface area contributed by atoms with Crippen LogP contribution in [-0.2, 0) is 11.2 Å². The molecule has 1 atom stereocenters. The highest BCUT2D eigenvalue weighted by Gasteiger charge is 2.21.